The SMILES string of the molecule is CC(=O)N[C@H](C(=O)N1C[C@H](C(C)C)C[C@H]1C(=O)NCc1ccc(-c2scnc2C)cc1)C(C)(C)C. The molecule has 2 aromatic rings. The molecule has 3 rings (SSSR count). The molecule has 2 N–H and O–H groups in total. The number of benzene rings is 1. The van der Waals surface area contributed by atoms with Gasteiger partial charge >= 0.3 is 0 Å². The van der Waals surface area contributed by atoms with Gasteiger partial charge in [-0.1, -0.05) is 58.9 Å². The van der Waals surface area contributed by atoms with Crippen LogP contribution >= 0.6 is 11.3 Å². The molecular weight excluding hydrogens is 460 g/mol. The van der Waals surface area contributed by atoms with Gasteiger partial charge in [-0.3, -0.25) is 14.4 Å². The Morgan fingerprint density at radius 1 is 1.17 bits per heavy atom. The van der Waals surface area contributed by atoms with Crippen molar-refractivity contribution in [2.75, 3.05) is 6.54 Å². The third-order valence-electron chi connectivity index (χ3n) is 6.75. The van der Waals surface area contributed by atoms with E-state index >= 15 is 0 Å². The smallest absolute Gasteiger partial charge is 0.246 e. The van der Waals surface area contributed by atoms with Crippen LogP contribution in [-0.2, 0) is 20.9 Å². The molecule has 0 radical (unpaired) electrons. The maximum Gasteiger partial charge on any atom is 0.246 e. The van der Waals surface area contributed by atoms with E-state index < -0.39 is 17.5 Å². The van der Waals surface area contributed by atoms with E-state index in [1.165, 1.54) is 6.92 Å². The molecule has 1 aliphatic heterocycles. The maximum atomic E-state index is 13.6. The van der Waals surface area contributed by atoms with Crippen molar-refractivity contribution in [3.63, 3.8) is 0 Å². The van der Waals surface area contributed by atoms with E-state index in [4.69, 9.17) is 0 Å². The van der Waals surface area contributed by atoms with Gasteiger partial charge in [-0.05, 0) is 41.7 Å². The number of thiazole rings is 1. The Kier molecular flexibility index (Phi) is 8.36. The van der Waals surface area contributed by atoms with E-state index in [1.54, 1.807) is 16.2 Å². The molecule has 0 aliphatic carbocycles. The highest BCUT2D eigenvalue weighted by Crippen LogP contribution is 2.32. The number of carbonyl (C=O) groups is 3. The zero-order valence-corrected chi connectivity index (χ0v) is 22.7. The fraction of sp³-hybridized carbons (Fsp3) is 0.556. The number of likely N-dealkylation sites (tertiary alicyclic amines) is 1. The molecule has 190 valence electrons. The Morgan fingerprint density at radius 3 is 2.34 bits per heavy atom. The number of hydrogen-bond acceptors (Lipinski definition) is 5. The van der Waals surface area contributed by atoms with Gasteiger partial charge in [0.25, 0.3) is 0 Å². The van der Waals surface area contributed by atoms with Crippen LogP contribution in [0.25, 0.3) is 10.4 Å². The van der Waals surface area contributed by atoms with Crippen LogP contribution in [0.1, 0.15) is 59.2 Å². The van der Waals surface area contributed by atoms with Crippen LogP contribution in [0.15, 0.2) is 29.8 Å². The zero-order valence-electron chi connectivity index (χ0n) is 21.8. The van der Waals surface area contributed by atoms with Crippen LogP contribution in [0.3, 0.4) is 0 Å². The number of nitrogens with one attached hydrogen (secondary N) is 2. The topological polar surface area (TPSA) is 91.4 Å². The van der Waals surface area contributed by atoms with E-state index in [1.807, 2.05) is 57.5 Å². The summed E-state index contributed by atoms with van der Waals surface area (Å²) in [5.74, 6) is -0.0234. The second kappa shape index (κ2) is 10.9. The molecule has 8 heteroatoms. The highest BCUT2D eigenvalue weighted by atomic mass is 32.1. The van der Waals surface area contributed by atoms with E-state index in [-0.39, 0.29) is 23.6 Å². The predicted octanol–water partition coefficient (Wildman–Crippen LogP) is 4.16. The van der Waals surface area contributed by atoms with Crippen LogP contribution < -0.4 is 10.6 Å². The summed E-state index contributed by atoms with van der Waals surface area (Å²) < 4.78 is 0. The first-order valence-corrected chi connectivity index (χ1v) is 13.1. The summed E-state index contributed by atoms with van der Waals surface area (Å²) in [7, 11) is 0. The van der Waals surface area contributed by atoms with Crippen molar-refractivity contribution in [3.8, 4) is 10.4 Å². The van der Waals surface area contributed by atoms with Crippen molar-refractivity contribution in [1.82, 2.24) is 20.5 Å². The molecule has 35 heavy (non-hydrogen) atoms. The molecule has 0 saturated carbocycles. The van der Waals surface area contributed by atoms with Gasteiger partial charge in [-0.15, -0.1) is 11.3 Å². The summed E-state index contributed by atoms with van der Waals surface area (Å²) in [4.78, 5) is 45.8. The van der Waals surface area contributed by atoms with Gasteiger partial charge in [0, 0.05) is 20.0 Å². The molecule has 3 atom stereocenters. The molecule has 1 fully saturated rings. The minimum absolute atomic E-state index is 0.153. The fourth-order valence-corrected chi connectivity index (χ4v) is 5.33. The van der Waals surface area contributed by atoms with E-state index in [2.05, 4.69) is 29.5 Å². The van der Waals surface area contributed by atoms with E-state index in [0.717, 1.165) is 21.7 Å². The fourth-order valence-electron chi connectivity index (χ4n) is 4.52. The zero-order chi connectivity index (χ0) is 25.9. The number of hydrogen-bond donors (Lipinski definition) is 2. The second-order valence-electron chi connectivity index (χ2n) is 10.9. The molecule has 0 unspecified atom stereocenters. The Labute approximate surface area is 212 Å². The molecule has 1 saturated heterocycles. The van der Waals surface area contributed by atoms with Crippen molar-refractivity contribution in [1.29, 1.82) is 0 Å². The summed E-state index contributed by atoms with van der Waals surface area (Å²) in [6.45, 7) is 14.3. The van der Waals surface area contributed by atoms with Gasteiger partial charge in [0.05, 0.1) is 16.1 Å². The maximum absolute atomic E-state index is 13.6. The van der Waals surface area contributed by atoms with Gasteiger partial charge in [-0.25, -0.2) is 4.98 Å². The molecule has 3 amide bonds. The van der Waals surface area contributed by atoms with Crippen molar-refractivity contribution < 1.29 is 14.4 Å². The molecule has 1 aromatic heterocycles. The minimum atomic E-state index is -0.691. The molecule has 0 bridgehead atoms. The van der Waals surface area contributed by atoms with Crippen molar-refractivity contribution in [2.45, 2.75) is 73.5 Å². The van der Waals surface area contributed by atoms with Crippen LogP contribution in [0, 0.1) is 24.2 Å². The molecule has 7 nitrogen and oxygen atoms in total. The lowest BCUT2D eigenvalue weighted by Crippen LogP contribution is -2.57. The van der Waals surface area contributed by atoms with Crippen molar-refractivity contribution in [3.05, 3.63) is 41.0 Å². The number of amides is 3. The van der Waals surface area contributed by atoms with Crippen LogP contribution in [0.5, 0.6) is 0 Å². The Morgan fingerprint density at radius 2 is 1.83 bits per heavy atom. The summed E-state index contributed by atoms with van der Waals surface area (Å²) >= 11 is 1.61. The third-order valence-corrected chi connectivity index (χ3v) is 7.73. The van der Waals surface area contributed by atoms with Crippen LogP contribution in [0.4, 0.5) is 0 Å². The highest BCUT2D eigenvalue weighted by Gasteiger charge is 2.45. The van der Waals surface area contributed by atoms with E-state index in [0.29, 0.717) is 25.4 Å². The Balaban J connectivity index is 1.72. The van der Waals surface area contributed by atoms with Crippen LogP contribution in [-0.4, -0.2) is 46.2 Å². The minimum Gasteiger partial charge on any atom is -0.350 e. The quantitative estimate of drug-likeness (QED) is 0.600. The second-order valence-corrected chi connectivity index (χ2v) is 11.8. The van der Waals surface area contributed by atoms with Gasteiger partial charge in [0.15, 0.2) is 0 Å². The average molecular weight is 499 g/mol. The molecule has 0 spiro atoms. The number of carbonyl (C=O) groups excluding carboxylic acids is 3. The van der Waals surface area contributed by atoms with Crippen LogP contribution in [0.2, 0.25) is 0 Å². The Hall–Kier alpha value is -2.74. The lowest BCUT2D eigenvalue weighted by atomic mass is 9.85. The van der Waals surface area contributed by atoms with Gasteiger partial charge in [0.1, 0.15) is 12.1 Å². The first kappa shape index (κ1) is 26.9. The first-order valence-electron chi connectivity index (χ1n) is 12.2. The van der Waals surface area contributed by atoms with E-state index in [9.17, 15) is 14.4 Å². The predicted molar refractivity (Wildman–Crippen MR) is 140 cm³/mol. The summed E-state index contributed by atoms with van der Waals surface area (Å²) in [6.07, 6.45) is 0.621. The monoisotopic (exact) mass is 498 g/mol. The molecular formula is C27H38N4O3S. The number of rotatable bonds is 7. The molecule has 1 aliphatic rings. The third kappa shape index (κ3) is 6.48. The lowest BCUT2D eigenvalue weighted by molar-refractivity contribution is -0.143. The summed E-state index contributed by atoms with van der Waals surface area (Å²) in [5.41, 5.74) is 4.48. The number of aromatic nitrogens is 1. The summed E-state index contributed by atoms with van der Waals surface area (Å²) in [6, 6.07) is 6.87. The number of nitrogens with zero attached hydrogens (tertiary/aromatic N) is 2. The highest BCUT2D eigenvalue weighted by molar-refractivity contribution is 7.13. The standard InChI is InChI=1S/C27H38N4O3S/c1-16(2)21-12-22(31(14-21)26(34)24(27(5,6)7)30-18(4)32)25(33)28-13-19-8-10-20(11-9-19)23-17(3)29-15-35-23/h8-11,15-16,21-22,24H,12-14H2,1-7H3,(H,28,33)(H,30,32)/t21-,22+,24-/m1/s1. The van der Waals surface area contributed by atoms with Crippen molar-refractivity contribution in [2.24, 2.45) is 17.3 Å². The Bertz CT molecular complexity index is 1060. The lowest BCUT2D eigenvalue weighted by Gasteiger charge is -2.35. The average Bonchev–Trinajstić information content (AvgIpc) is 3.42. The van der Waals surface area contributed by atoms with Gasteiger partial charge in [0.2, 0.25) is 17.7 Å². The van der Waals surface area contributed by atoms with Crippen molar-refractivity contribution >= 4 is 29.1 Å². The molecule has 1 aromatic carbocycles. The summed E-state index contributed by atoms with van der Waals surface area (Å²) in [5, 5.41) is 5.85. The molecule has 2 heterocycles. The van der Waals surface area contributed by atoms with Gasteiger partial charge in [-0.2, -0.15) is 0 Å². The first-order chi connectivity index (χ1) is 16.4. The normalized spacial score (nSPS) is 19.0. The largest absolute Gasteiger partial charge is 0.350 e. The number of aryl methyl sites for hydroxylation is 1. The van der Waals surface area contributed by atoms with Gasteiger partial charge < -0.3 is 15.5 Å².